The van der Waals surface area contributed by atoms with E-state index in [4.69, 9.17) is 0 Å². The Bertz CT molecular complexity index is 711. The molecule has 1 aliphatic rings. The molecule has 1 heterocycles. The van der Waals surface area contributed by atoms with E-state index < -0.39 is 17.8 Å². The molecule has 1 aromatic heterocycles. The maximum absolute atomic E-state index is 12.4. The van der Waals surface area contributed by atoms with Gasteiger partial charge in [0, 0.05) is 6.20 Å². The first-order valence-corrected chi connectivity index (χ1v) is 8.23. The number of carboxylic acid groups (broad SMARTS) is 1. The molecule has 24 heavy (non-hydrogen) atoms. The molecule has 126 valence electrons. The van der Waals surface area contributed by atoms with Gasteiger partial charge in [0.1, 0.15) is 0 Å². The third kappa shape index (κ3) is 3.82. The first-order chi connectivity index (χ1) is 11.6. The lowest BCUT2D eigenvalue weighted by Crippen LogP contribution is -2.35. The monoisotopic (exact) mass is 327 g/mol. The van der Waals surface area contributed by atoms with Gasteiger partial charge in [-0.05, 0) is 18.4 Å². The Hall–Kier alpha value is -2.63. The number of nitrogens with one attached hydrogen (secondary N) is 1. The maximum atomic E-state index is 12.4. The van der Waals surface area contributed by atoms with Crippen LogP contribution in [0.1, 0.15) is 31.2 Å². The predicted molar refractivity (Wildman–Crippen MR) is 89.5 cm³/mol. The topological polar surface area (TPSA) is 84.2 Å². The Morgan fingerprint density at radius 2 is 1.88 bits per heavy atom. The van der Waals surface area contributed by atoms with Gasteiger partial charge in [0.05, 0.1) is 30.3 Å². The summed E-state index contributed by atoms with van der Waals surface area (Å²) in [4.78, 5) is 23.8. The van der Waals surface area contributed by atoms with Crippen LogP contribution >= 0.6 is 0 Å². The second kappa shape index (κ2) is 7.29. The van der Waals surface area contributed by atoms with Crippen LogP contribution < -0.4 is 5.32 Å². The number of amides is 1. The van der Waals surface area contributed by atoms with Crippen LogP contribution in [0.4, 0.5) is 5.69 Å². The average molecular weight is 327 g/mol. The molecular formula is C18H21N3O3. The van der Waals surface area contributed by atoms with E-state index in [-0.39, 0.29) is 5.91 Å². The van der Waals surface area contributed by atoms with Crippen LogP contribution in [0.3, 0.4) is 0 Å². The quantitative estimate of drug-likeness (QED) is 0.884. The van der Waals surface area contributed by atoms with E-state index in [1.54, 1.807) is 17.1 Å². The molecule has 0 unspecified atom stereocenters. The van der Waals surface area contributed by atoms with E-state index in [0.717, 1.165) is 18.4 Å². The number of hydrogen-bond donors (Lipinski definition) is 2. The molecule has 1 aliphatic carbocycles. The van der Waals surface area contributed by atoms with Crippen molar-refractivity contribution in [3.63, 3.8) is 0 Å². The van der Waals surface area contributed by atoms with E-state index in [1.807, 2.05) is 30.3 Å². The second-order valence-electron chi connectivity index (χ2n) is 6.24. The lowest BCUT2D eigenvalue weighted by Gasteiger charge is -2.27. The molecule has 6 nitrogen and oxygen atoms in total. The van der Waals surface area contributed by atoms with Gasteiger partial charge in [0.15, 0.2) is 0 Å². The van der Waals surface area contributed by atoms with Crippen molar-refractivity contribution in [3.8, 4) is 0 Å². The molecule has 1 aromatic carbocycles. The Balaban J connectivity index is 1.63. The molecule has 2 N–H and O–H groups in total. The molecule has 6 heteroatoms. The molecular weight excluding hydrogens is 306 g/mol. The highest BCUT2D eigenvalue weighted by atomic mass is 16.4. The zero-order valence-corrected chi connectivity index (χ0v) is 13.4. The summed E-state index contributed by atoms with van der Waals surface area (Å²) >= 11 is 0. The number of carboxylic acids is 1. The highest BCUT2D eigenvalue weighted by molar-refractivity contribution is 5.95. The van der Waals surface area contributed by atoms with Crippen molar-refractivity contribution in [1.29, 1.82) is 0 Å². The van der Waals surface area contributed by atoms with Gasteiger partial charge in [0.25, 0.3) is 0 Å². The molecule has 1 fully saturated rings. The van der Waals surface area contributed by atoms with Crippen molar-refractivity contribution in [3.05, 3.63) is 48.3 Å². The fraction of sp³-hybridized carbons (Fsp3) is 0.389. The van der Waals surface area contributed by atoms with E-state index in [0.29, 0.717) is 25.1 Å². The van der Waals surface area contributed by atoms with Gasteiger partial charge in [-0.25, -0.2) is 0 Å². The minimum atomic E-state index is -0.880. The van der Waals surface area contributed by atoms with Crippen molar-refractivity contribution in [1.82, 2.24) is 9.78 Å². The number of hydrogen-bond acceptors (Lipinski definition) is 3. The molecule has 1 amide bonds. The normalized spacial score (nSPS) is 20.5. The predicted octanol–water partition coefficient (Wildman–Crippen LogP) is 2.76. The van der Waals surface area contributed by atoms with E-state index >= 15 is 0 Å². The third-order valence-electron chi connectivity index (χ3n) is 4.51. The summed E-state index contributed by atoms with van der Waals surface area (Å²) in [5, 5.41) is 16.4. The molecule has 0 radical (unpaired) electrons. The van der Waals surface area contributed by atoms with Crippen molar-refractivity contribution >= 4 is 17.6 Å². The molecule has 3 rings (SSSR count). The van der Waals surface area contributed by atoms with E-state index in [1.165, 1.54) is 0 Å². The van der Waals surface area contributed by atoms with Crippen LogP contribution in [0.5, 0.6) is 0 Å². The number of carbonyl (C=O) groups is 2. The summed E-state index contributed by atoms with van der Waals surface area (Å²) in [6, 6.07) is 9.92. The molecule has 0 saturated heterocycles. The number of aliphatic carboxylic acids is 1. The standard InChI is InChI=1S/C18H21N3O3/c22-17(15-8-4-5-9-16(15)18(23)24)20-14-10-19-21(12-14)11-13-6-2-1-3-7-13/h1-3,6-7,10,12,15-16H,4-5,8-9,11H2,(H,20,22)(H,23,24)/t15-,16+/m0/s1. The second-order valence-corrected chi connectivity index (χ2v) is 6.24. The number of nitrogens with zero attached hydrogens (tertiary/aromatic N) is 2. The summed E-state index contributed by atoms with van der Waals surface area (Å²) in [6.07, 6.45) is 6.33. The fourth-order valence-electron chi connectivity index (χ4n) is 3.26. The fourth-order valence-corrected chi connectivity index (χ4v) is 3.26. The van der Waals surface area contributed by atoms with Crippen molar-refractivity contribution in [2.24, 2.45) is 11.8 Å². The van der Waals surface area contributed by atoms with Crippen LogP contribution in [-0.4, -0.2) is 26.8 Å². The van der Waals surface area contributed by atoms with Gasteiger partial charge < -0.3 is 10.4 Å². The number of rotatable bonds is 5. The van der Waals surface area contributed by atoms with Crippen LogP contribution in [0.25, 0.3) is 0 Å². The first-order valence-electron chi connectivity index (χ1n) is 8.23. The summed E-state index contributed by atoms with van der Waals surface area (Å²) in [6.45, 7) is 0.623. The first kappa shape index (κ1) is 16.2. The Labute approximate surface area is 140 Å². The van der Waals surface area contributed by atoms with Gasteiger partial charge in [-0.15, -0.1) is 0 Å². The lowest BCUT2D eigenvalue weighted by molar-refractivity contribution is -0.147. The largest absolute Gasteiger partial charge is 0.481 e. The molecule has 1 saturated carbocycles. The zero-order valence-electron chi connectivity index (χ0n) is 13.4. The van der Waals surface area contributed by atoms with Crippen molar-refractivity contribution in [2.45, 2.75) is 32.2 Å². The Morgan fingerprint density at radius 1 is 1.17 bits per heavy atom. The van der Waals surface area contributed by atoms with Crippen LogP contribution in [0, 0.1) is 11.8 Å². The van der Waals surface area contributed by atoms with Crippen LogP contribution in [0.2, 0.25) is 0 Å². The number of carbonyl (C=O) groups excluding carboxylic acids is 1. The van der Waals surface area contributed by atoms with E-state index in [9.17, 15) is 14.7 Å². The van der Waals surface area contributed by atoms with Crippen molar-refractivity contribution < 1.29 is 14.7 Å². The Morgan fingerprint density at radius 3 is 2.58 bits per heavy atom. The van der Waals surface area contributed by atoms with Crippen LogP contribution in [0.15, 0.2) is 42.7 Å². The minimum absolute atomic E-state index is 0.221. The van der Waals surface area contributed by atoms with Gasteiger partial charge in [-0.3, -0.25) is 14.3 Å². The molecule has 0 bridgehead atoms. The summed E-state index contributed by atoms with van der Waals surface area (Å²) in [7, 11) is 0. The summed E-state index contributed by atoms with van der Waals surface area (Å²) in [5.41, 5.74) is 1.72. The summed E-state index contributed by atoms with van der Waals surface area (Å²) < 4.78 is 1.75. The highest BCUT2D eigenvalue weighted by Gasteiger charge is 2.35. The number of aromatic nitrogens is 2. The average Bonchev–Trinajstić information content (AvgIpc) is 3.02. The van der Waals surface area contributed by atoms with Crippen LogP contribution in [-0.2, 0) is 16.1 Å². The molecule has 0 spiro atoms. The molecule has 2 aromatic rings. The SMILES string of the molecule is O=C(Nc1cnn(Cc2ccccc2)c1)[C@H]1CCCC[C@H]1C(=O)O. The number of anilines is 1. The molecule has 0 aliphatic heterocycles. The van der Waals surface area contributed by atoms with Gasteiger partial charge >= 0.3 is 5.97 Å². The lowest BCUT2D eigenvalue weighted by atomic mass is 9.78. The zero-order chi connectivity index (χ0) is 16.9. The smallest absolute Gasteiger partial charge is 0.307 e. The number of benzene rings is 1. The summed E-state index contributed by atoms with van der Waals surface area (Å²) in [5.74, 6) is -2.15. The van der Waals surface area contributed by atoms with Gasteiger partial charge in [-0.1, -0.05) is 43.2 Å². The highest BCUT2D eigenvalue weighted by Crippen LogP contribution is 2.31. The van der Waals surface area contributed by atoms with Crippen molar-refractivity contribution in [2.75, 3.05) is 5.32 Å². The minimum Gasteiger partial charge on any atom is -0.481 e. The third-order valence-corrected chi connectivity index (χ3v) is 4.51. The van der Waals surface area contributed by atoms with Gasteiger partial charge in [0.2, 0.25) is 5.91 Å². The Kier molecular flexibility index (Phi) is 4.93. The van der Waals surface area contributed by atoms with E-state index in [2.05, 4.69) is 10.4 Å². The van der Waals surface area contributed by atoms with Gasteiger partial charge in [-0.2, -0.15) is 5.10 Å². The molecule has 2 atom stereocenters. The maximum Gasteiger partial charge on any atom is 0.307 e.